The Bertz CT molecular complexity index is 627. The van der Waals surface area contributed by atoms with Crippen LogP contribution in [0.5, 0.6) is 5.75 Å². The molecule has 1 amide bonds. The van der Waals surface area contributed by atoms with E-state index in [1.54, 1.807) is 24.1 Å². The largest absolute Gasteiger partial charge is 0.498 e. The van der Waals surface area contributed by atoms with E-state index in [0.717, 1.165) is 5.46 Å². The summed E-state index contributed by atoms with van der Waals surface area (Å²) in [7, 11) is 0.990. The SMILES string of the molecule is CCN(CC)C(=O)c1ccc(B2OC(C)(C)C(C)(C)O2)c(OCOC)c1. The van der Waals surface area contributed by atoms with Crippen LogP contribution in [0, 0.1) is 0 Å². The maximum absolute atomic E-state index is 12.6. The molecule has 0 N–H and O–H groups in total. The molecule has 0 aliphatic carbocycles. The van der Waals surface area contributed by atoms with Crippen LogP contribution in [-0.4, -0.2) is 56.1 Å². The number of ether oxygens (including phenoxy) is 2. The molecule has 2 rings (SSSR count). The van der Waals surface area contributed by atoms with E-state index in [1.165, 1.54) is 0 Å². The highest BCUT2D eigenvalue weighted by Gasteiger charge is 2.52. The number of methoxy groups -OCH3 is 1. The molecule has 0 aromatic heterocycles. The van der Waals surface area contributed by atoms with E-state index in [4.69, 9.17) is 18.8 Å². The van der Waals surface area contributed by atoms with Crippen molar-refractivity contribution in [1.82, 2.24) is 4.90 Å². The zero-order valence-electron chi connectivity index (χ0n) is 16.9. The summed E-state index contributed by atoms with van der Waals surface area (Å²) >= 11 is 0. The van der Waals surface area contributed by atoms with Gasteiger partial charge in [-0.2, -0.15) is 0 Å². The van der Waals surface area contributed by atoms with Gasteiger partial charge in [0, 0.05) is 31.2 Å². The topological polar surface area (TPSA) is 57.2 Å². The van der Waals surface area contributed by atoms with Gasteiger partial charge in [-0.3, -0.25) is 4.79 Å². The van der Waals surface area contributed by atoms with E-state index in [2.05, 4.69) is 0 Å². The normalized spacial score (nSPS) is 18.0. The van der Waals surface area contributed by atoms with Crippen LogP contribution in [0.3, 0.4) is 0 Å². The van der Waals surface area contributed by atoms with Gasteiger partial charge in [0.15, 0.2) is 6.79 Å². The lowest BCUT2D eigenvalue weighted by Crippen LogP contribution is -2.41. The van der Waals surface area contributed by atoms with Crippen molar-refractivity contribution in [2.45, 2.75) is 52.7 Å². The van der Waals surface area contributed by atoms with Crippen molar-refractivity contribution < 1.29 is 23.6 Å². The van der Waals surface area contributed by atoms with Gasteiger partial charge in [0.2, 0.25) is 0 Å². The first-order valence-electron chi connectivity index (χ1n) is 9.07. The predicted molar refractivity (Wildman–Crippen MR) is 102 cm³/mol. The van der Waals surface area contributed by atoms with Crippen molar-refractivity contribution in [3.8, 4) is 5.75 Å². The van der Waals surface area contributed by atoms with Crippen LogP contribution < -0.4 is 10.2 Å². The predicted octanol–water partition coefficient (Wildman–Crippen LogP) is 2.45. The summed E-state index contributed by atoms with van der Waals surface area (Å²) in [6.07, 6.45) is 0. The van der Waals surface area contributed by atoms with Crippen molar-refractivity contribution in [2.24, 2.45) is 0 Å². The first-order chi connectivity index (χ1) is 12.2. The molecule has 0 saturated carbocycles. The molecule has 1 aromatic carbocycles. The summed E-state index contributed by atoms with van der Waals surface area (Å²) in [5.41, 5.74) is 0.412. The minimum atomic E-state index is -0.565. The van der Waals surface area contributed by atoms with Gasteiger partial charge in [-0.1, -0.05) is 6.07 Å². The quantitative estimate of drug-likeness (QED) is 0.550. The fourth-order valence-corrected chi connectivity index (χ4v) is 2.77. The van der Waals surface area contributed by atoms with Crippen LogP contribution in [-0.2, 0) is 14.0 Å². The van der Waals surface area contributed by atoms with Crippen molar-refractivity contribution in [2.75, 3.05) is 27.0 Å². The number of nitrogens with zero attached hydrogens (tertiary/aromatic N) is 1. The van der Waals surface area contributed by atoms with E-state index in [9.17, 15) is 4.79 Å². The number of benzene rings is 1. The molecule has 7 heteroatoms. The Kier molecular flexibility index (Phi) is 6.37. The van der Waals surface area contributed by atoms with Crippen molar-refractivity contribution in [1.29, 1.82) is 0 Å². The van der Waals surface area contributed by atoms with Crippen LogP contribution in [0.2, 0.25) is 0 Å². The monoisotopic (exact) mass is 363 g/mol. The Hall–Kier alpha value is -1.57. The Morgan fingerprint density at radius 2 is 1.69 bits per heavy atom. The van der Waals surface area contributed by atoms with Gasteiger partial charge in [-0.15, -0.1) is 0 Å². The van der Waals surface area contributed by atoms with E-state index in [-0.39, 0.29) is 12.7 Å². The fraction of sp³-hybridized carbons (Fsp3) is 0.632. The lowest BCUT2D eigenvalue weighted by atomic mass is 9.78. The molecular formula is C19H30BNO5. The van der Waals surface area contributed by atoms with E-state index < -0.39 is 18.3 Å². The number of hydrogen-bond acceptors (Lipinski definition) is 5. The lowest BCUT2D eigenvalue weighted by molar-refractivity contribution is 0.00578. The summed E-state index contributed by atoms with van der Waals surface area (Å²) < 4.78 is 23.0. The van der Waals surface area contributed by atoms with Gasteiger partial charge in [0.05, 0.1) is 11.2 Å². The first-order valence-corrected chi connectivity index (χ1v) is 9.07. The van der Waals surface area contributed by atoms with Gasteiger partial charge < -0.3 is 23.7 Å². The van der Waals surface area contributed by atoms with Gasteiger partial charge in [-0.05, 0) is 53.7 Å². The lowest BCUT2D eigenvalue weighted by Gasteiger charge is -2.32. The summed E-state index contributed by atoms with van der Waals surface area (Å²) in [5, 5.41) is 0. The zero-order chi connectivity index (χ0) is 19.5. The average Bonchev–Trinajstić information content (AvgIpc) is 2.81. The van der Waals surface area contributed by atoms with Crippen molar-refractivity contribution in [3.63, 3.8) is 0 Å². The zero-order valence-corrected chi connectivity index (χ0v) is 16.9. The highest BCUT2D eigenvalue weighted by atomic mass is 16.7. The molecule has 0 unspecified atom stereocenters. The second-order valence-corrected chi connectivity index (χ2v) is 7.37. The van der Waals surface area contributed by atoms with Gasteiger partial charge in [0.1, 0.15) is 5.75 Å². The van der Waals surface area contributed by atoms with Gasteiger partial charge in [0.25, 0.3) is 5.91 Å². The van der Waals surface area contributed by atoms with E-state index in [1.807, 2.05) is 47.6 Å². The Balaban J connectivity index is 2.37. The summed E-state index contributed by atoms with van der Waals surface area (Å²) in [6.45, 7) is 13.3. The highest BCUT2D eigenvalue weighted by Crippen LogP contribution is 2.37. The van der Waals surface area contributed by atoms with Gasteiger partial charge >= 0.3 is 7.12 Å². The smallest absolute Gasteiger partial charge is 0.468 e. The third kappa shape index (κ3) is 4.05. The number of amides is 1. The molecule has 144 valence electrons. The maximum Gasteiger partial charge on any atom is 0.498 e. The van der Waals surface area contributed by atoms with Crippen molar-refractivity contribution in [3.05, 3.63) is 23.8 Å². The summed E-state index contributed by atoms with van der Waals surface area (Å²) in [6, 6.07) is 5.37. The van der Waals surface area contributed by atoms with Crippen LogP contribution in [0.1, 0.15) is 51.9 Å². The number of carbonyl (C=O) groups is 1. The number of rotatable bonds is 7. The Morgan fingerprint density at radius 3 is 2.19 bits per heavy atom. The highest BCUT2D eigenvalue weighted by molar-refractivity contribution is 6.63. The molecule has 1 aromatic rings. The molecule has 0 bridgehead atoms. The first kappa shape index (κ1) is 20.7. The molecule has 1 aliphatic heterocycles. The second-order valence-electron chi connectivity index (χ2n) is 7.37. The molecule has 1 aliphatic rings. The van der Waals surface area contributed by atoms with Gasteiger partial charge in [-0.25, -0.2) is 0 Å². The molecule has 6 nitrogen and oxygen atoms in total. The van der Waals surface area contributed by atoms with Crippen molar-refractivity contribution >= 4 is 18.5 Å². The minimum absolute atomic E-state index is 0.0299. The second kappa shape index (κ2) is 7.98. The number of carbonyl (C=O) groups excluding carboxylic acids is 1. The third-order valence-electron chi connectivity index (χ3n) is 5.15. The summed E-state index contributed by atoms with van der Waals surface area (Å²) in [4.78, 5) is 14.4. The third-order valence-corrected chi connectivity index (χ3v) is 5.15. The molecule has 1 fully saturated rings. The number of hydrogen-bond donors (Lipinski definition) is 0. The minimum Gasteiger partial charge on any atom is -0.468 e. The maximum atomic E-state index is 12.6. The summed E-state index contributed by atoms with van der Waals surface area (Å²) in [5.74, 6) is 0.501. The van der Waals surface area contributed by atoms with Crippen LogP contribution >= 0.6 is 0 Å². The molecule has 26 heavy (non-hydrogen) atoms. The van der Waals surface area contributed by atoms with E-state index in [0.29, 0.717) is 24.4 Å². The van der Waals surface area contributed by atoms with Crippen LogP contribution in [0.25, 0.3) is 0 Å². The van der Waals surface area contributed by atoms with Crippen LogP contribution in [0.4, 0.5) is 0 Å². The molecular weight excluding hydrogens is 333 g/mol. The molecule has 0 radical (unpaired) electrons. The molecule has 0 atom stereocenters. The standard InChI is InChI=1S/C19H30BNO5/c1-8-21(9-2)17(22)14-10-11-15(16(12-14)24-13-23-7)20-25-18(3,4)19(5,6)26-20/h10-12H,8-9,13H2,1-7H3. The van der Waals surface area contributed by atoms with Crippen LogP contribution in [0.15, 0.2) is 18.2 Å². The Morgan fingerprint density at radius 1 is 1.12 bits per heavy atom. The molecule has 0 spiro atoms. The average molecular weight is 363 g/mol. The molecule has 1 heterocycles. The van der Waals surface area contributed by atoms with E-state index >= 15 is 0 Å². The fourth-order valence-electron chi connectivity index (χ4n) is 2.77. The Labute approximate surface area is 156 Å². The molecule has 1 saturated heterocycles.